The Balaban J connectivity index is 2.05. The molecule has 5 nitrogen and oxygen atoms in total. The molecule has 2 aliphatic rings. The number of rotatable bonds is 3. The Bertz CT molecular complexity index is 514. The first-order valence-corrected chi connectivity index (χ1v) is 6.51. The summed E-state index contributed by atoms with van der Waals surface area (Å²) in [5, 5.41) is 3.36. The van der Waals surface area contributed by atoms with Crippen molar-refractivity contribution in [2.24, 2.45) is 4.99 Å². The first-order chi connectivity index (χ1) is 9.35. The third-order valence-corrected chi connectivity index (χ3v) is 3.59. The second kappa shape index (κ2) is 4.99. The van der Waals surface area contributed by atoms with Gasteiger partial charge in [-0.15, -0.1) is 0 Å². The minimum Gasteiger partial charge on any atom is -0.493 e. The molecule has 2 aliphatic heterocycles. The van der Waals surface area contributed by atoms with Gasteiger partial charge in [0.15, 0.2) is 11.5 Å². The molecule has 0 radical (unpaired) electrons. The molecular weight excluding hydrogens is 244 g/mol. The maximum absolute atomic E-state index is 5.79. The van der Waals surface area contributed by atoms with Crippen LogP contribution in [0.2, 0.25) is 0 Å². The first-order valence-electron chi connectivity index (χ1n) is 6.51. The van der Waals surface area contributed by atoms with Crippen molar-refractivity contribution in [2.75, 3.05) is 33.9 Å². The van der Waals surface area contributed by atoms with Gasteiger partial charge in [0.1, 0.15) is 5.84 Å². The molecule has 1 N–H and O–H groups in total. The topological polar surface area (TPSA) is 52.1 Å². The normalized spacial score (nSPS) is 20.9. The number of methoxy groups -OCH3 is 2. The molecule has 1 unspecified atom stereocenters. The Morgan fingerprint density at radius 1 is 1.32 bits per heavy atom. The van der Waals surface area contributed by atoms with Crippen LogP contribution in [-0.4, -0.2) is 39.8 Å². The number of hydrogen-bond donors (Lipinski definition) is 1. The van der Waals surface area contributed by atoms with Crippen LogP contribution in [0.4, 0.5) is 0 Å². The van der Waals surface area contributed by atoms with E-state index >= 15 is 0 Å². The van der Waals surface area contributed by atoms with Crippen LogP contribution in [0.25, 0.3) is 0 Å². The predicted octanol–water partition coefficient (Wildman–Crippen LogP) is 1.57. The van der Waals surface area contributed by atoms with Gasteiger partial charge in [-0.1, -0.05) is 6.07 Å². The van der Waals surface area contributed by atoms with E-state index in [0.717, 1.165) is 36.7 Å². The van der Waals surface area contributed by atoms with Gasteiger partial charge in [0.25, 0.3) is 0 Å². The van der Waals surface area contributed by atoms with Crippen molar-refractivity contribution in [3.8, 4) is 17.2 Å². The minimum absolute atomic E-state index is 0.269. The van der Waals surface area contributed by atoms with E-state index in [9.17, 15) is 0 Å². The second-order valence-electron chi connectivity index (χ2n) is 4.60. The second-order valence-corrected chi connectivity index (χ2v) is 4.60. The Morgan fingerprint density at radius 2 is 2.21 bits per heavy atom. The largest absolute Gasteiger partial charge is 0.493 e. The van der Waals surface area contributed by atoms with Crippen LogP contribution in [0.3, 0.4) is 0 Å². The zero-order valence-electron chi connectivity index (χ0n) is 11.2. The van der Waals surface area contributed by atoms with Crippen molar-refractivity contribution in [3.63, 3.8) is 0 Å². The smallest absolute Gasteiger partial charge is 0.203 e. The molecule has 102 valence electrons. The number of hydrogen-bond acceptors (Lipinski definition) is 5. The summed E-state index contributed by atoms with van der Waals surface area (Å²) >= 11 is 0. The van der Waals surface area contributed by atoms with Gasteiger partial charge < -0.3 is 19.5 Å². The van der Waals surface area contributed by atoms with E-state index < -0.39 is 0 Å². The quantitative estimate of drug-likeness (QED) is 0.898. The van der Waals surface area contributed by atoms with Crippen LogP contribution < -0.4 is 19.5 Å². The lowest BCUT2D eigenvalue weighted by molar-refractivity contribution is 0.257. The molecule has 5 heteroatoms. The van der Waals surface area contributed by atoms with Crippen molar-refractivity contribution in [1.82, 2.24) is 5.32 Å². The van der Waals surface area contributed by atoms with E-state index in [2.05, 4.69) is 10.3 Å². The fourth-order valence-electron chi connectivity index (χ4n) is 2.71. The van der Waals surface area contributed by atoms with Crippen LogP contribution in [0.5, 0.6) is 17.2 Å². The highest BCUT2D eigenvalue weighted by molar-refractivity contribution is 5.91. The fourth-order valence-corrected chi connectivity index (χ4v) is 2.71. The fraction of sp³-hybridized carbons (Fsp3) is 0.500. The SMILES string of the molecule is COc1ccc2c(c1OC)OCCC2C1=NCCN1. The summed E-state index contributed by atoms with van der Waals surface area (Å²) in [7, 11) is 3.27. The van der Waals surface area contributed by atoms with Crippen molar-refractivity contribution in [1.29, 1.82) is 0 Å². The van der Waals surface area contributed by atoms with Gasteiger partial charge in [-0.05, 0) is 12.5 Å². The molecule has 1 aromatic rings. The van der Waals surface area contributed by atoms with Gasteiger partial charge in [-0.2, -0.15) is 0 Å². The predicted molar refractivity (Wildman–Crippen MR) is 72.7 cm³/mol. The third kappa shape index (κ3) is 1.99. The Morgan fingerprint density at radius 3 is 2.89 bits per heavy atom. The first kappa shape index (κ1) is 12.1. The average molecular weight is 262 g/mol. The van der Waals surface area contributed by atoms with E-state index in [1.54, 1.807) is 14.2 Å². The van der Waals surface area contributed by atoms with Gasteiger partial charge in [0.05, 0.1) is 27.4 Å². The van der Waals surface area contributed by atoms with Crippen LogP contribution >= 0.6 is 0 Å². The number of benzene rings is 1. The molecule has 0 aromatic heterocycles. The lowest BCUT2D eigenvalue weighted by Crippen LogP contribution is -2.29. The highest BCUT2D eigenvalue weighted by Crippen LogP contribution is 2.46. The van der Waals surface area contributed by atoms with Crippen LogP contribution in [0.15, 0.2) is 17.1 Å². The van der Waals surface area contributed by atoms with Crippen molar-refractivity contribution in [2.45, 2.75) is 12.3 Å². The zero-order valence-corrected chi connectivity index (χ0v) is 11.2. The van der Waals surface area contributed by atoms with Gasteiger partial charge >= 0.3 is 0 Å². The van der Waals surface area contributed by atoms with Gasteiger partial charge in [0.2, 0.25) is 5.75 Å². The summed E-state index contributed by atoms with van der Waals surface area (Å²) in [5.74, 6) is 3.49. The minimum atomic E-state index is 0.269. The van der Waals surface area contributed by atoms with Crippen LogP contribution in [-0.2, 0) is 0 Å². The Hall–Kier alpha value is -1.91. The summed E-state index contributed by atoms with van der Waals surface area (Å²) in [6, 6.07) is 3.97. The summed E-state index contributed by atoms with van der Waals surface area (Å²) in [6.07, 6.45) is 0.939. The van der Waals surface area contributed by atoms with E-state index in [1.165, 1.54) is 0 Å². The highest BCUT2D eigenvalue weighted by Gasteiger charge is 2.30. The summed E-state index contributed by atoms with van der Waals surface area (Å²) < 4.78 is 16.5. The number of aliphatic imine (C=N–C) groups is 1. The van der Waals surface area contributed by atoms with E-state index in [1.807, 2.05) is 12.1 Å². The van der Waals surface area contributed by atoms with Gasteiger partial charge in [-0.25, -0.2) is 0 Å². The summed E-state index contributed by atoms with van der Waals surface area (Å²) in [4.78, 5) is 4.53. The van der Waals surface area contributed by atoms with Gasteiger partial charge in [-0.3, -0.25) is 4.99 Å². The molecule has 1 aromatic carbocycles. The lowest BCUT2D eigenvalue weighted by atomic mass is 9.91. The molecule has 0 saturated carbocycles. The molecular formula is C14H18N2O3. The lowest BCUT2D eigenvalue weighted by Gasteiger charge is -2.28. The molecule has 19 heavy (non-hydrogen) atoms. The molecule has 0 saturated heterocycles. The maximum atomic E-state index is 5.79. The summed E-state index contributed by atoms with van der Waals surface area (Å²) in [5.41, 5.74) is 1.12. The highest BCUT2D eigenvalue weighted by atomic mass is 16.5. The average Bonchev–Trinajstić information content (AvgIpc) is 2.99. The van der Waals surface area contributed by atoms with Crippen LogP contribution in [0.1, 0.15) is 17.9 Å². The number of ether oxygens (including phenoxy) is 3. The third-order valence-electron chi connectivity index (χ3n) is 3.59. The van der Waals surface area contributed by atoms with Crippen molar-refractivity contribution >= 4 is 5.84 Å². The molecule has 3 rings (SSSR count). The van der Waals surface area contributed by atoms with E-state index in [-0.39, 0.29) is 5.92 Å². The molecule has 0 fully saturated rings. The molecule has 0 amide bonds. The van der Waals surface area contributed by atoms with Crippen LogP contribution in [0, 0.1) is 0 Å². The molecule has 1 atom stereocenters. The monoisotopic (exact) mass is 262 g/mol. The van der Waals surface area contributed by atoms with E-state index in [4.69, 9.17) is 14.2 Å². The number of fused-ring (bicyclic) bond motifs is 1. The van der Waals surface area contributed by atoms with E-state index in [0.29, 0.717) is 18.1 Å². The standard InChI is InChI=1S/C14H18N2O3/c1-17-11-4-3-9-10(14-15-6-7-16-14)5-8-19-12(9)13(11)18-2/h3-4,10H,5-8H2,1-2H3,(H,15,16). The Labute approximate surface area is 112 Å². The molecule has 0 aliphatic carbocycles. The zero-order chi connectivity index (χ0) is 13.2. The van der Waals surface area contributed by atoms with Crippen molar-refractivity contribution < 1.29 is 14.2 Å². The molecule has 2 heterocycles. The summed E-state index contributed by atoms with van der Waals surface area (Å²) in [6.45, 7) is 2.45. The van der Waals surface area contributed by atoms with Crippen molar-refractivity contribution in [3.05, 3.63) is 17.7 Å². The molecule has 0 spiro atoms. The maximum Gasteiger partial charge on any atom is 0.203 e. The van der Waals surface area contributed by atoms with Gasteiger partial charge in [0, 0.05) is 18.0 Å². The molecule has 0 bridgehead atoms. The number of nitrogens with zero attached hydrogens (tertiary/aromatic N) is 1. The number of nitrogens with one attached hydrogen (secondary N) is 1. The number of amidine groups is 1. The Kier molecular flexibility index (Phi) is 3.19.